The van der Waals surface area contributed by atoms with Crippen molar-refractivity contribution in [2.75, 3.05) is 105 Å². The van der Waals surface area contributed by atoms with E-state index in [1.807, 2.05) is 62.4 Å². The number of methoxy groups -OCH3 is 2. The van der Waals surface area contributed by atoms with E-state index in [1.165, 1.54) is 24.2 Å². The Bertz CT molecular complexity index is 2340. The van der Waals surface area contributed by atoms with Gasteiger partial charge in [0.15, 0.2) is 23.0 Å². The summed E-state index contributed by atoms with van der Waals surface area (Å²) in [6.45, 7) is 5.57. The molecular formula is C50H62F4N10O6. The maximum Gasteiger partial charge on any atom is 0.387 e. The van der Waals surface area contributed by atoms with Gasteiger partial charge in [0.25, 0.3) is 0 Å². The lowest BCUT2D eigenvalue weighted by atomic mass is 9.94. The third-order valence-electron chi connectivity index (χ3n) is 12.9. The summed E-state index contributed by atoms with van der Waals surface area (Å²) in [6, 6.07) is 21.2. The second-order valence-corrected chi connectivity index (χ2v) is 17.6. The maximum absolute atomic E-state index is 13.0. The van der Waals surface area contributed by atoms with Crippen molar-refractivity contribution in [2.24, 2.45) is 10.2 Å². The molecule has 4 amide bonds. The summed E-state index contributed by atoms with van der Waals surface area (Å²) in [6.07, 6.45) is 0.803. The molecular weight excluding hydrogens is 913 g/mol. The highest BCUT2D eigenvalue weighted by Gasteiger charge is 2.31. The summed E-state index contributed by atoms with van der Waals surface area (Å²) >= 11 is 0. The molecule has 4 aromatic carbocycles. The summed E-state index contributed by atoms with van der Waals surface area (Å²) < 4.78 is 72.2. The molecule has 0 spiro atoms. The first-order valence-corrected chi connectivity index (χ1v) is 23.2. The van der Waals surface area contributed by atoms with Crippen LogP contribution in [0.3, 0.4) is 0 Å². The lowest BCUT2D eigenvalue weighted by Gasteiger charge is -2.34. The van der Waals surface area contributed by atoms with E-state index in [0.29, 0.717) is 35.4 Å². The molecule has 8 rings (SSSR count). The number of halogens is 4. The number of nitrogens with zero attached hydrogens (tertiary/aromatic N) is 8. The summed E-state index contributed by atoms with van der Waals surface area (Å²) in [5.41, 5.74) is 7.83. The number of rotatable bonds is 10. The highest BCUT2D eigenvalue weighted by Crippen LogP contribution is 2.38. The minimum absolute atomic E-state index is 0.0494. The van der Waals surface area contributed by atoms with Gasteiger partial charge in [-0.05, 0) is 100 Å². The van der Waals surface area contributed by atoms with Gasteiger partial charge < -0.3 is 49.2 Å². The van der Waals surface area contributed by atoms with Crippen LogP contribution in [-0.2, 0) is 12.8 Å². The number of carbonyl (C=O) groups excluding carboxylic acids is 2. The number of fused-ring (bicyclic) bond motifs is 2. The molecule has 0 radical (unpaired) electrons. The molecule has 376 valence electrons. The van der Waals surface area contributed by atoms with Crippen LogP contribution in [0.5, 0.6) is 23.0 Å². The van der Waals surface area contributed by atoms with E-state index in [9.17, 15) is 27.2 Å². The van der Waals surface area contributed by atoms with E-state index in [2.05, 4.69) is 44.3 Å². The monoisotopic (exact) mass is 974 g/mol. The lowest BCUT2D eigenvalue weighted by molar-refractivity contribution is -0.0518. The second-order valence-electron chi connectivity index (χ2n) is 17.6. The van der Waals surface area contributed by atoms with Gasteiger partial charge in [-0.15, -0.1) is 0 Å². The lowest BCUT2D eigenvalue weighted by Crippen LogP contribution is -2.44. The number of amides is 4. The molecule has 70 heavy (non-hydrogen) atoms. The Kier molecular flexibility index (Phi) is 16.6. The number of alkyl halides is 4. The number of likely N-dealkylation sites (N-methyl/N-ethyl adjacent to an activating group) is 2. The minimum Gasteiger partial charge on any atom is -0.493 e. The standard InChI is InChI=1S/2C25H31F2N5O3/c2*1-16-13-18-14-22(35-24(26)27)21(34-4)15-20(18)23(29-32(16)25(33)28-2)17-5-7-19(8-6-17)31-11-9-30(3)10-12-31/h2*5-8,14-16,24H,9-13H2,1-4H3,(H,28,33)/t16-;/m1./s1. The average Bonchev–Trinajstić information content (AvgIpc) is 3.59. The van der Waals surface area contributed by atoms with Crippen LogP contribution in [0.1, 0.15) is 47.2 Å². The zero-order chi connectivity index (χ0) is 50.2. The maximum atomic E-state index is 13.0. The van der Waals surface area contributed by atoms with Gasteiger partial charge in [-0.2, -0.15) is 27.8 Å². The topological polar surface area (TPSA) is 139 Å². The zero-order valence-electron chi connectivity index (χ0n) is 40.8. The fourth-order valence-electron chi connectivity index (χ4n) is 8.94. The van der Waals surface area contributed by atoms with Gasteiger partial charge in [0.05, 0.1) is 37.7 Å². The van der Waals surface area contributed by atoms with E-state index < -0.39 is 13.2 Å². The van der Waals surface area contributed by atoms with Crippen molar-refractivity contribution in [3.05, 3.63) is 106 Å². The van der Waals surface area contributed by atoms with Gasteiger partial charge in [-0.25, -0.2) is 19.6 Å². The third-order valence-corrected chi connectivity index (χ3v) is 12.9. The van der Waals surface area contributed by atoms with Crippen molar-refractivity contribution < 1.29 is 46.1 Å². The number of nitrogens with one attached hydrogen (secondary N) is 2. The summed E-state index contributed by atoms with van der Waals surface area (Å²) in [4.78, 5) is 34.5. The van der Waals surface area contributed by atoms with Gasteiger partial charge in [0, 0.05) is 100 Å². The minimum atomic E-state index is -2.98. The number of hydrogen-bond donors (Lipinski definition) is 2. The third kappa shape index (κ3) is 11.8. The Morgan fingerprint density at radius 1 is 0.557 bits per heavy atom. The van der Waals surface area contributed by atoms with Crippen LogP contribution in [0.15, 0.2) is 83.0 Å². The number of anilines is 2. The molecule has 4 aliphatic heterocycles. The van der Waals surface area contributed by atoms with E-state index in [-0.39, 0.29) is 47.1 Å². The van der Waals surface area contributed by atoms with Gasteiger partial charge in [-0.1, -0.05) is 24.3 Å². The highest BCUT2D eigenvalue weighted by atomic mass is 19.3. The van der Waals surface area contributed by atoms with Gasteiger partial charge in [0.1, 0.15) is 0 Å². The average molecular weight is 975 g/mol. The van der Waals surface area contributed by atoms with Crippen molar-refractivity contribution in [2.45, 2.75) is 52.0 Å². The van der Waals surface area contributed by atoms with Crippen molar-refractivity contribution in [3.8, 4) is 23.0 Å². The van der Waals surface area contributed by atoms with Crippen molar-refractivity contribution in [3.63, 3.8) is 0 Å². The Morgan fingerprint density at radius 3 is 1.20 bits per heavy atom. The Labute approximate surface area is 406 Å². The fourth-order valence-corrected chi connectivity index (χ4v) is 8.94. The van der Waals surface area contributed by atoms with Gasteiger partial charge in [-0.3, -0.25) is 0 Å². The molecule has 4 aromatic rings. The molecule has 0 saturated carbocycles. The molecule has 2 fully saturated rings. The number of ether oxygens (including phenoxy) is 4. The molecule has 0 bridgehead atoms. The quantitative estimate of drug-likeness (QED) is 0.164. The smallest absolute Gasteiger partial charge is 0.387 e. The number of carbonyl (C=O) groups is 2. The molecule has 20 heteroatoms. The first-order chi connectivity index (χ1) is 33.6. The van der Waals surface area contributed by atoms with Crippen LogP contribution in [0.2, 0.25) is 0 Å². The Balaban J connectivity index is 0.000000206. The molecule has 0 aliphatic carbocycles. The van der Waals surface area contributed by atoms with Gasteiger partial charge in [0.2, 0.25) is 0 Å². The molecule has 1 unspecified atom stereocenters. The predicted octanol–water partition coefficient (Wildman–Crippen LogP) is 6.77. The van der Waals surface area contributed by atoms with E-state index in [1.54, 1.807) is 38.4 Å². The van der Waals surface area contributed by atoms with Crippen molar-refractivity contribution in [1.29, 1.82) is 0 Å². The summed E-state index contributed by atoms with van der Waals surface area (Å²) in [7, 11) is 10.1. The molecule has 4 aliphatic rings. The number of hydrazone groups is 2. The van der Waals surface area contributed by atoms with Crippen LogP contribution >= 0.6 is 0 Å². The fraction of sp³-hybridized carbons (Fsp3) is 0.440. The Hall–Kier alpha value is -6.80. The molecule has 0 aromatic heterocycles. The van der Waals surface area contributed by atoms with Crippen molar-refractivity contribution >= 4 is 34.9 Å². The number of benzene rings is 4. The SMILES string of the molecule is CNC(=O)N1N=C(c2ccc(N3CCN(C)CC3)cc2)c2cc(OC)c(OC(F)F)cc2CC1C.CNC(=O)N1N=C(c2ccc(N3CCN(C)CC3)cc2)c2cc(OC)c(OC(F)F)cc2C[C@H]1C. The highest BCUT2D eigenvalue weighted by molar-refractivity contribution is 6.15. The first kappa shape index (κ1) is 51.1. The molecule has 4 heterocycles. The largest absolute Gasteiger partial charge is 0.493 e. The zero-order valence-corrected chi connectivity index (χ0v) is 40.8. The molecule has 2 N–H and O–H groups in total. The van der Waals surface area contributed by atoms with E-state index >= 15 is 0 Å². The van der Waals surface area contributed by atoms with Crippen molar-refractivity contribution in [1.82, 2.24) is 30.5 Å². The summed E-state index contributed by atoms with van der Waals surface area (Å²) in [5, 5.41) is 17.5. The summed E-state index contributed by atoms with van der Waals surface area (Å²) in [5.74, 6) is 0.247. The molecule has 2 saturated heterocycles. The number of urea groups is 2. The molecule has 2 atom stereocenters. The van der Waals surface area contributed by atoms with E-state index in [4.69, 9.17) is 29.2 Å². The number of piperazine rings is 2. The van der Waals surface area contributed by atoms with Gasteiger partial charge >= 0.3 is 25.3 Å². The first-order valence-electron chi connectivity index (χ1n) is 23.2. The predicted molar refractivity (Wildman–Crippen MR) is 262 cm³/mol. The van der Waals surface area contributed by atoms with Crippen LogP contribution in [-0.4, -0.2) is 163 Å². The van der Waals surface area contributed by atoms with E-state index in [0.717, 1.165) is 86.0 Å². The number of hydrogen-bond acceptors (Lipinski definition) is 12. The van der Waals surface area contributed by atoms with Crippen LogP contribution < -0.4 is 39.4 Å². The van der Waals surface area contributed by atoms with Crippen LogP contribution in [0.25, 0.3) is 0 Å². The van der Waals surface area contributed by atoms with Crippen LogP contribution in [0.4, 0.5) is 38.5 Å². The molecule has 16 nitrogen and oxygen atoms in total. The second kappa shape index (κ2) is 22.7. The normalized spacial score (nSPS) is 18.6. The van der Waals surface area contributed by atoms with Crippen LogP contribution in [0, 0.1) is 0 Å². The Morgan fingerprint density at radius 2 is 0.900 bits per heavy atom.